The Morgan fingerprint density at radius 1 is 0.929 bits per heavy atom. The number of aromatic nitrogens is 2. The van der Waals surface area contributed by atoms with Crippen LogP contribution in [0.4, 0.5) is 0 Å². The number of nitrogens with zero attached hydrogens (tertiary/aromatic N) is 2. The summed E-state index contributed by atoms with van der Waals surface area (Å²) in [5.74, 6) is 0.195. The fourth-order valence-corrected chi connectivity index (χ4v) is 6.09. The molecule has 2 aromatic carbocycles. The summed E-state index contributed by atoms with van der Waals surface area (Å²) in [6, 6.07) is 16.5. The van der Waals surface area contributed by atoms with Crippen LogP contribution in [0.25, 0.3) is 32.9 Å². The minimum absolute atomic E-state index is 0. The fourth-order valence-electron chi connectivity index (χ4n) is 4.58. The van der Waals surface area contributed by atoms with E-state index in [-0.39, 0.29) is 42.5 Å². The van der Waals surface area contributed by atoms with Crippen molar-refractivity contribution in [2.24, 2.45) is 10.8 Å². The first-order chi connectivity index (χ1) is 19.0. The van der Waals surface area contributed by atoms with Gasteiger partial charge in [0.1, 0.15) is 5.76 Å². The number of carbonyl (C=O) groups excluding carboxylic acids is 1. The van der Waals surface area contributed by atoms with Crippen molar-refractivity contribution in [2.45, 2.75) is 87.9 Å². The van der Waals surface area contributed by atoms with Crippen LogP contribution in [0.15, 0.2) is 60.6 Å². The van der Waals surface area contributed by atoms with Gasteiger partial charge in [-0.15, -0.1) is 34.9 Å². The second-order valence-corrected chi connectivity index (χ2v) is 18.5. The van der Waals surface area contributed by atoms with Crippen molar-refractivity contribution in [2.75, 3.05) is 0 Å². The first-order valence-electron chi connectivity index (χ1n) is 14.6. The number of allylic oxidation sites excluding steroid dienone is 2. The topological polar surface area (TPSA) is 63.1 Å². The average molecular weight is 760 g/mol. The van der Waals surface area contributed by atoms with Gasteiger partial charge >= 0.3 is 0 Å². The third kappa shape index (κ3) is 8.03. The van der Waals surface area contributed by atoms with Crippen LogP contribution in [0.2, 0.25) is 19.6 Å². The Bertz CT molecular complexity index is 1580. The molecule has 227 valence electrons. The number of aliphatic hydroxyl groups is 1. The molecule has 2 heterocycles. The minimum Gasteiger partial charge on any atom is -0.512 e. The Morgan fingerprint density at radius 3 is 2.14 bits per heavy atom. The summed E-state index contributed by atoms with van der Waals surface area (Å²) >= 11 is 0. The molecule has 0 saturated carbocycles. The molecule has 0 spiro atoms. The molecule has 0 bridgehead atoms. The molecule has 0 aliphatic carbocycles. The SMILES string of the molecule is CCC(C)(C)C(=O)/C=C(\O)C(C)(C)CC.Cc1[c-]c(-c2nccc3c2cnc2c([Si](C)(C)C)cccc23)cc(C)c1.[Ir]. The van der Waals surface area contributed by atoms with Gasteiger partial charge in [-0.05, 0) is 40.6 Å². The molecule has 0 unspecified atom stereocenters. The first-order valence-corrected chi connectivity index (χ1v) is 18.1. The zero-order valence-electron chi connectivity index (χ0n) is 27.2. The Labute approximate surface area is 267 Å². The molecule has 0 fully saturated rings. The van der Waals surface area contributed by atoms with Crippen molar-refractivity contribution >= 4 is 40.7 Å². The van der Waals surface area contributed by atoms with Crippen LogP contribution in [0, 0.1) is 30.7 Å². The number of rotatable bonds is 7. The van der Waals surface area contributed by atoms with Crippen LogP contribution in [-0.4, -0.2) is 28.9 Å². The molecule has 1 N–H and O–H groups in total. The largest absolute Gasteiger partial charge is 0.512 e. The molecular formula is C36H47IrN2O2Si-. The summed E-state index contributed by atoms with van der Waals surface area (Å²) in [4.78, 5) is 21.4. The number of aryl methyl sites for hydroxylation is 2. The summed E-state index contributed by atoms with van der Waals surface area (Å²) in [5.41, 5.74) is 4.81. The maximum Gasteiger partial charge on any atom is 0.164 e. The second kappa shape index (κ2) is 13.8. The summed E-state index contributed by atoms with van der Waals surface area (Å²) in [6.07, 6.45) is 6.89. The number of fused-ring (bicyclic) bond motifs is 3. The smallest absolute Gasteiger partial charge is 0.164 e. The van der Waals surface area contributed by atoms with E-state index in [0.29, 0.717) is 0 Å². The number of aliphatic hydroxyl groups excluding tert-OH is 1. The number of hydrogen-bond donors (Lipinski definition) is 1. The van der Waals surface area contributed by atoms with Crippen molar-refractivity contribution in [1.82, 2.24) is 9.97 Å². The van der Waals surface area contributed by atoms with Gasteiger partial charge in [-0.25, -0.2) is 0 Å². The van der Waals surface area contributed by atoms with Crippen LogP contribution in [-0.2, 0) is 24.9 Å². The number of para-hydroxylation sites is 1. The summed E-state index contributed by atoms with van der Waals surface area (Å²) in [6.45, 7) is 23.0. The van der Waals surface area contributed by atoms with Crippen molar-refractivity contribution in [3.05, 3.63) is 77.8 Å². The summed E-state index contributed by atoms with van der Waals surface area (Å²) in [5, 5.41) is 14.8. The average Bonchev–Trinajstić information content (AvgIpc) is 2.91. The zero-order valence-corrected chi connectivity index (χ0v) is 30.6. The Kier molecular flexibility index (Phi) is 11.6. The minimum atomic E-state index is -1.46. The molecule has 1 radical (unpaired) electrons. The third-order valence-electron chi connectivity index (χ3n) is 8.25. The van der Waals surface area contributed by atoms with E-state index in [1.54, 1.807) is 0 Å². The maximum absolute atomic E-state index is 11.8. The number of carbonyl (C=O) groups is 1. The van der Waals surface area contributed by atoms with E-state index >= 15 is 0 Å². The zero-order chi connectivity index (χ0) is 30.8. The molecule has 4 nitrogen and oxygen atoms in total. The molecule has 0 aliphatic heterocycles. The van der Waals surface area contributed by atoms with Gasteiger partial charge in [-0.1, -0.05) is 93.2 Å². The predicted octanol–water partition coefficient (Wildman–Crippen LogP) is 9.28. The van der Waals surface area contributed by atoms with Crippen molar-refractivity contribution in [1.29, 1.82) is 0 Å². The van der Waals surface area contributed by atoms with Crippen LogP contribution >= 0.6 is 0 Å². The normalized spacial score (nSPS) is 12.5. The molecule has 0 amide bonds. The van der Waals surface area contributed by atoms with Crippen molar-refractivity contribution < 1.29 is 30.0 Å². The van der Waals surface area contributed by atoms with Crippen molar-refractivity contribution in [3.63, 3.8) is 0 Å². The quantitative estimate of drug-likeness (QED) is 0.0671. The van der Waals surface area contributed by atoms with Crippen LogP contribution < -0.4 is 5.19 Å². The predicted molar refractivity (Wildman–Crippen MR) is 178 cm³/mol. The standard InChI is InChI=1S/C23H23N2Si.C13H24O2.Ir/c1-15-11-16(2)13-17(12-15)22-20-14-25-23-19(18(20)9-10-24-22)7-6-8-21(23)26(3,4)5;1-7-12(3,4)10(14)9-11(15)13(5,6)8-2;/h6-12,14H,1-5H3;9,14H,7-8H2,1-6H3;/q-1;;/b;10-9-;. The number of ketones is 1. The molecule has 0 aliphatic rings. The summed E-state index contributed by atoms with van der Waals surface area (Å²) in [7, 11) is -1.46. The summed E-state index contributed by atoms with van der Waals surface area (Å²) < 4.78 is 0. The first kappa shape index (κ1) is 35.5. The van der Waals surface area contributed by atoms with Crippen LogP contribution in [0.5, 0.6) is 0 Å². The third-order valence-corrected chi connectivity index (χ3v) is 10.3. The van der Waals surface area contributed by atoms with Gasteiger partial charge in [-0.2, -0.15) is 0 Å². The molecular weight excluding hydrogens is 713 g/mol. The Hall–Kier alpha value is -2.66. The van der Waals surface area contributed by atoms with Crippen LogP contribution in [0.1, 0.15) is 65.5 Å². The van der Waals surface area contributed by atoms with Gasteiger partial charge in [0.25, 0.3) is 0 Å². The molecule has 4 rings (SSSR count). The van der Waals surface area contributed by atoms with Gasteiger partial charge in [0.2, 0.25) is 0 Å². The van der Waals surface area contributed by atoms with Gasteiger partial charge in [0.15, 0.2) is 5.78 Å². The van der Waals surface area contributed by atoms with Gasteiger partial charge in [-0.3, -0.25) is 9.78 Å². The molecule has 4 aromatic rings. The fraction of sp³-hybridized carbons (Fsp3) is 0.417. The molecule has 42 heavy (non-hydrogen) atoms. The van der Waals surface area contributed by atoms with E-state index in [4.69, 9.17) is 4.98 Å². The van der Waals surface area contributed by atoms with E-state index in [0.717, 1.165) is 40.6 Å². The molecule has 0 atom stereocenters. The number of benzene rings is 2. The van der Waals surface area contributed by atoms with Gasteiger partial charge < -0.3 is 10.1 Å². The number of hydrogen-bond acceptors (Lipinski definition) is 4. The van der Waals surface area contributed by atoms with E-state index in [1.165, 1.54) is 27.6 Å². The Morgan fingerprint density at radius 2 is 1.57 bits per heavy atom. The van der Waals surface area contributed by atoms with E-state index in [1.807, 2.05) is 53.9 Å². The van der Waals surface area contributed by atoms with Gasteiger partial charge in [0, 0.05) is 54.8 Å². The van der Waals surface area contributed by atoms with E-state index < -0.39 is 8.07 Å². The van der Waals surface area contributed by atoms with Crippen molar-refractivity contribution in [3.8, 4) is 11.3 Å². The molecule has 2 aromatic heterocycles. The van der Waals surface area contributed by atoms with Crippen LogP contribution in [0.3, 0.4) is 0 Å². The molecule has 6 heteroatoms. The van der Waals surface area contributed by atoms with E-state index in [9.17, 15) is 9.90 Å². The molecule has 0 saturated heterocycles. The monoisotopic (exact) mass is 760 g/mol. The second-order valence-electron chi connectivity index (χ2n) is 13.5. The number of pyridine rings is 2. The maximum atomic E-state index is 11.8. The van der Waals surface area contributed by atoms with Gasteiger partial charge in [0.05, 0.1) is 13.6 Å². The van der Waals surface area contributed by atoms with E-state index in [2.05, 4.69) is 80.9 Å². The Balaban J connectivity index is 0.000000334.